The summed E-state index contributed by atoms with van der Waals surface area (Å²) < 4.78 is 5.38. The summed E-state index contributed by atoms with van der Waals surface area (Å²) in [5.74, 6) is 0.234. The highest BCUT2D eigenvalue weighted by Gasteiger charge is 2.11. The molecule has 7 heteroatoms. The van der Waals surface area contributed by atoms with Gasteiger partial charge in [0.1, 0.15) is 0 Å². The third-order valence-electron chi connectivity index (χ3n) is 4.01. The number of hydrogen-bond donors (Lipinski definition) is 1. The molecule has 0 saturated carbocycles. The van der Waals surface area contributed by atoms with Gasteiger partial charge in [0.05, 0.1) is 19.0 Å². The SMILES string of the molecule is Cc1cc(C)nc(SCC(=O)Nc2cccc(CN3CCOCC3)c2)n1. The van der Waals surface area contributed by atoms with Crippen LogP contribution in [0, 0.1) is 13.8 Å². The number of rotatable bonds is 6. The second kappa shape index (κ2) is 9.12. The minimum atomic E-state index is -0.0544. The van der Waals surface area contributed by atoms with Crippen LogP contribution in [0.3, 0.4) is 0 Å². The maximum Gasteiger partial charge on any atom is 0.234 e. The Bertz CT molecular complexity index is 743. The number of ether oxygens (including phenoxy) is 1. The Labute approximate surface area is 158 Å². The van der Waals surface area contributed by atoms with Crippen molar-refractivity contribution in [2.75, 3.05) is 37.4 Å². The molecule has 0 radical (unpaired) electrons. The highest BCUT2D eigenvalue weighted by atomic mass is 32.2. The van der Waals surface area contributed by atoms with Crippen molar-refractivity contribution < 1.29 is 9.53 Å². The number of benzene rings is 1. The molecule has 0 bridgehead atoms. The molecule has 1 N–H and O–H groups in total. The lowest BCUT2D eigenvalue weighted by Gasteiger charge is -2.26. The molecule has 1 aliphatic rings. The van der Waals surface area contributed by atoms with Gasteiger partial charge in [-0.2, -0.15) is 0 Å². The Morgan fingerprint density at radius 3 is 2.65 bits per heavy atom. The molecule has 0 atom stereocenters. The largest absolute Gasteiger partial charge is 0.379 e. The van der Waals surface area contributed by atoms with Crippen molar-refractivity contribution >= 4 is 23.4 Å². The van der Waals surface area contributed by atoms with Gasteiger partial charge in [0, 0.05) is 36.7 Å². The Morgan fingerprint density at radius 1 is 1.19 bits per heavy atom. The Balaban J connectivity index is 1.52. The zero-order valence-electron chi connectivity index (χ0n) is 15.2. The summed E-state index contributed by atoms with van der Waals surface area (Å²) in [6.45, 7) is 8.20. The van der Waals surface area contributed by atoms with Crippen LogP contribution < -0.4 is 5.32 Å². The number of hydrogen-bond acceptors (Lipinski definition) is 6. The first-order valence-corrected chi connectivity index (χ1v) is 9.71. The molecule has 1 amide bonds. The van der Waals surface area contributed by atoms with Gasteiger partial charge in [-0.05, 0) is 37.6 Å². The van der Waals surface area contributed by atoms with Crippen molar-refractivity contribution in [2.24, 2.45) is 0 Å². The average molecular weight is 372 g/mol. The molecular weight excluding hydrogens is 348 g/mol. The maximum absolute atomic E-state index is 12.2. The number of carbonyl (C=O) groups is 1. The smallest absolute Gasteiger partial charge is 0.234 e. The zero-order chi connectivity index (χ0) is 18.4. The van der Waals surface area contributed by atoms with E-state index in [0.717, 1.165) is 49.9 Å². The third-order valence-corrected chi connectivity index (χ3v) is 4.86. The summed E-state index contributed by atoms with van der Waals surface area (Å²) in [5, 5.41) is 3.60. The van der Waals surface area contributed by atoms with E-state index in [1.165, 1.54) is 17.3 Å². The minimum Gasteiger partial charge on any atom is -0.379 e. The van der Waals surface area contributed by atoms with E-state index in [4.69, 9.17) is 4.74 Å². The molecule has 6 nitrogen and oxygen atoms in total. The summed E-state index contributed by atoms with van der Waals surface area (Å²) in [6, 6.07) is 9.93. The molecular formula is C19H24N4O2S. The highest BCUT2D eigenvalue weighted by Crippen LogP contribution is 2.17. The van der Waals surface area contributed by atoms with Crippen LogP contribution >= 0.6 is 11.8 Å². The monoisotopic (exact) mass is 372 g/mol. The molecule has 1 aromatic heterocycles. The Hall–Kier alpha value is -1.96. The summed E-state index contributed by atoms with van der Waals surface area (Å²) in [7, 11) is 0. The molecule has 2 heterocycles. The topological polar surface area (TPSA) is 67.4 Å². The lowest BCUT2D eigenvalue weighted by atomic mass is 10.2. The van der Waals surface area contributed by atoms with Gasteiger partial charge in [-0.1, -0.05) is 23.9 Å². The van der Waals surface area contributed by atoms with Crippen LogP contribution in [0.4, 0.5) is 5.69 Å². The first-order valence-electron chi connectivity index (χ1n) is 8.72. The number of aryl methyl sites for hydroxylation is 2. The van der Waals surface area contributed by atoms with Gasteiger partial charge in [-0.25, -0.2) is 9.97 Å². The number of anilines is 1. The second-order valence-electron chi connectivity index (χ2n) is 6.36. The number of nitrogens with one attached hydrogen (secondary N) is 1. The van der Waals surface area contributed by atoms with E-state index in [-0.39, 0.29) is 11.7 Å². The standard InChI is InChI=1S/C19H24N4O2S/c1-14-10-15(2)21-19(20-14)26-13-18(24)22-17-5-3-4-16(11-17)12-23-6-8-25-9-7-23/h3-5,10-11H,6-9,12-13H2,1-2H3,(H,22,24). The molecule has 0 aliphatic carbocycles. The second-order valence-corrected chi connectivity index (χ2v) is 7.30. The molecule has 1 fully saturated rings. The molecule has 1 aliphatic heterocycles. The highest BCUT2D eigenvalue weighted by molar-refractivity contribution is 7.99. The average Bonchev–Trinajstić information content (AvgIpc) is 2.60. The molecule has 2 aromatic rings. The predicted molar refractivity (Wildman–Crippen MR) is 103 cm³/mol. The van der Waals surface area contributed by atoms with Crippen molar-refractivity contribution in [3.05, 3.63) is 47.3 Å². The summed E-state index contributed by atoms with van der Waals surface area (Å²) in [6.07, 6.45) is 0. The first kappa shape index (κ1) is 18.8. The summed E-state index contributed by atoms with van der Waals surface area (Å²) >= 11 is 1.35. The van der Waals surface area contributed by atoms with Gasteiger partial charge in [-0.3, -0.25) is 9.69 Å². The van der Waals surface area contributed by atoms with Gasteiger partial charge in [-0.15, -0.1) is 0 Å². The number of aromatic nitrogens is 2. The van der Waals surface area contributed by atoms with Crippen molar-refractivity contribution in [1.82, 2.24) is 14.9 Å². The fourth-order valence-electron chi connectivity index (χ4n) is 2.85. The van der Waals surface area contributed by atoms with Crippen molar-refractivity contribution in [3.63, 3.8) is 0 Å². The molecule has 3 rings (SSSR count). The summed E-state index contributed by atoms with van der Waals surface area (Å²) in [4.78, 5) is 23.3. The minimum absolute atomic E-state index is 0.0544. The number of morpholine rings is 1. The van der Waals surface area contributed by atoms with Crippen LogP contribution in [-0.4, -0.2) is 52.8 Å². The number of thioether (sulfide) groups is 1. The number of nitrogens with zero attached hydrogens (tertiary/aromatic N) is 3. The molecule has 0 spiro atoms. The van der Waals surface area contributed by atoms with Gasteiger partial charge < -0.3 is 10.1 Å². The van der Waals surface area contributed by atoms with Crippen molar-refractivity contribution in [3.8, 4) is 0 Å². The zero-order valence-corrected chi connectivity index (χ0v) is 16.0. The number of carbonyl (C=O) groups excluding carboxylic acids is 1. The van der Waals surface area contributed by atoms with Crippen molar-refractivity contribution in [1.29, 1.82) is 0 Å². The normalized spacial score (nSPS) is 15.0. The van der Waals surface area contributed by atoms with E-state index in [9.17, 15) is 4.79 Å². The van der Waals surface area contributed by atoms with E-state index >= 15 is 0 Å². The van der Waals surface area contributed by atoms with Gasteiger partial charge in [0.2, 0.25) is 5.91 Å². The summed E-state index contributed by atoms with van der Waals surface area (Å²) in [5.41, 5.74) is 3.84. The Kier molecular flexibility index (Phi) is 6.60. The number of amides is 1. The fraction of sp³-hybridized carbons (Fsp3) is 0.421. The predicted octanol–water partition coefficient (Wildman–Crippen LogP) is 2.66. The Morgan fingerprint density at radius 2 is 1.92 bits per heavy atom. The molecule has 1 aromatic carbocycles. The first-order chi connectivity index (χ1) is 12.6. The molecule has 0 unspecified atom stereocenters. The van der Waals surface area contributed by atoms with Crippen LogP contribution in [-0.2, 0) is 16.1 Å². The van der Waals surface area contributed by atoms with Crippen LogP contribution in [0.25, 0.3) is 0 Å². The third kappa shape index (κ3) is 5.79. The lowest BCUT2D eigenvalue weighted by Crippen LogP contribution is -2.35. The maximum atomic E-state index is 12.2. The molecule has 1 saturated heterocycles. The van der Waals surface area contributed by atoms with Crippen LogP contribution in [0.1, 0.15) is 17.0 Å². The van der Waals surface area contributed by atoms with E-state index in [0.29, 0.717) is 5.16 Å². The van der Waals surface area contributed by atoms with Gasteiger partial charge in [0.15, 0.2) is 5.16 Å². The van der Waals surface area contributed by atoms with Crippen molar-refractivity contribution in [2.45, 2.75) is 25.5 Å². The van der Waals surface area contributed by atoms with Gasteiger partial charge in [0.25, 0.3) is 0 Å². The molecule has 26 heavy (non-hydrogen) atoms. The fourth-order valence-corrected chi connectivity index (χ4v) is 3.60. The molecule has 138 valence electrons. The van der Waals surface area contributed by atoms with E-state index in [1.54, 1.807) is 0 Å². The lowest BCUT2D eigenvalue weighted by molar-refractivity contribution is -0.113. The van der Waals surface area contributed by atoms with E-state index in [1.807, 2.05) is 38.1 Å². The van der Waals surface area contributed by atoms with Crippen LogP contribution in [0.15, 0.2) is 35.5 Å². The van der Waals surface area contributed by atoms with E-state index in [2.05, 4.69) is 26.3 Å². The van der Waals surface area contributed by atoms with Gasteiger partial charge >= 0.3 is 0 Å². The van der Waals surface area contributed by atoms with E-state index < -0.39 is 0 Å². The van der Waals surface area contributed by atoms with Crippen LogP contribution in [0.5, 0.6) is 0 Å². The quantitative estimate of drug-likeness (QED) is 0.621. The van der Waals surface area contributed by atoms with Crippen LogP contribution in [0.2, 0.25) is 0 Å².